The number of rotatable bonds is 7. The molecule has 5 heteroatoms. The molecule has 0 saturated carbocycles. The minimum atomic E-state index is -1.93. The van der Waals surface area contributed by atoms with E-state index in [1.54, 1.807) is 12.1 Å². The van der Waals surface area contributed by atoms with E-state index in [9.17, 15) is 9.59 Å². The van der Waals surface area contributed by atoms with Crippen LogP contribution >= 0.6 is 0 Å². The zero-order valence-electron chi connectivity index (χ0n) is 14.1. The van der Waals surface area contributed by atoms with Gasteiger partial charge in [0.25, 0.3) is 0 Å². The molecule has 0 aliphatic carbocycles. The molecule has 22 heavy (non-hydrogen) atoms. The molecule has 0 atom stereocenters. The minimum Gasteiger partial charge on any atom is -0.543 e. The number of benzene rings is 1. The smallest absolute Gasteiger partial charge is 0.303 e. The number of hydrogen-bond acceptors (Lipinski definition) is 3. The summed E-state index contributed by atoms with van der Waals surface area (Å²) in [6, 6.07) is 7.20. The molecule has 0 unspecified atom stereocenters. The molecule has 122 valence electrons. The van der Waals surface area contributed by atoms with Crippen LogP contribution in [0.2, 0.25) is 18.1 Å². The average Bonchev–Trinajstić information content (AvgIpc) is 2.36. The van der Waals surface area contributed by atoms with Gasteiger partial charge in [-0.3, -0.25) is 9.59 Å². The van der Waals surface area contributed by atoms with Crippen LogP contribution in [0.4, 0.5) is 0 Å². The van der Waals surface area contributed by atoms with E-state index in [4.69, 9.17) is 9.53 Å². The van der Waals surface area contributed by atoms with E-state index in [0.717, 1.165) is 5.75 Å². The predicted molar refractivity (Wildman–Crippen MR) is 90.1 cm³/mol. The maximum absolute atomic E-state index is 12.1. The summed E-state index contributed by atoms with van der Waals surface area (Å²) < 4.78 is 6.19. The summed E-state index contributed by atoms with van der Waals surface area (Å²) in [6.45, 7) is 10.8. The average molecular weight is 322 g/mol. The summed E-state index contributed by atoms with van der Waals surface area (Å²) >= 11 is 0. The second kappa shape index (κ2) is 7.09. The van der Waals surface area contributed by atoms with Gasteiger partial charge in [-0.25, -0.2) is 0 Å². The molecule has 1 rings (SSSR count). The Morgan fingerprint density at radius 2 is 1.82 bits per heavy atom. The summed E-state index contributed by atoms with van der Waals surface area (Å²) in [4.78, 5) is 22.6. The summed E-state index contributed by atoms with van der Waals surface area (Å²) in [5.74, 6) is -0.194. The van der Waals surface area contributed by atoms with Crippen LogP contribution in [0.1, 0.15) is 50.4 Å². The van der Waals surface area contributed by atoms with Crippen molar-refractivity contribution >= 4 is 20.1 Å². The monoisotopic (exact) mass is 322 g/mol. The Morgan fingerprint density at radius 3 is 2.36 bits per heavy atom. The molecular weight excluding hydrogens is 296 g/mol. The van der Waals surface area contributed by atoms with Gasteiger partial charge in [0.2, 0.25) is 8.32 Å². The Labute approximate surface area is 133 Å². The third-order valence-corrected chi connectivity index (χ3v) is 8.49. The van der Waals surface area contributed by atoms with E-state index in [2.05, 4.69) is 33.9 Å². The van der Waals surface area contributed by atoms with Gasteiger partial charge in [0, 0.05) is 18.4 Å². The van der Waals surface area contributed by atoms with Crippen molar-refractivity contribution in [1.82, 2.24) is 0 Å². The number of aliphatic carboxylic acids is 1. The molecule has 0 aliphatic heterocycles. The van der Waals surface area contributed by atoms with Gasteiger partial charge in [-0.2, -0.15) is 0 Å². The summed E-state index contributed by atoms with van der Waals surface area (Å²) in [5.41, 5.74) is 0.585. The topological polar surface area (TPSA) is 63.6 Å². The maximum Gasteiger partial charge on any atom is 0.303 e. The van der Waals surface area contributed by atoms with Crippen molar-refractivity contribution in [3.05, 3.63) is 29.8 Å². The van der Waals surface area contributed by atoms with Gasteiger partial charge in [-0.05, 0) is 36.7 Å². The van der Waals surface area contributed by atoms with Crippen molar-refractivity contribution in [1.29, 1.82) is 0 Å². The van der Waals surface area contributed by atoms with Crippen LogP contribution in [0.25, 0.3) is 0 Å². The van der Waals surface area contributed by atoms with E-state index in [0.29, 0.717) is 12.0 Å². The summed E-state index contributed by atoms with van der Waals surface area (Å²) in [5, 5.41) is 8.71. The van der Waals surface area contributed by atoms with Crippen molar-refractivity contribution in [3.8, 4) is 5.75 Å². The quantitative estimate of drug-likeness (QED) is 0.592. The fourth-order valence-corrected chi connectivity index (χ4v) is 2.75. The van der Waals surface area contributed by atoms with Crippen LogP contribution in [0.5, 0.6) is 5.75 Å². The van der Waals surface area contributed by atoms with E-state index in [-0.39, 0.29) is 23.7 Å². The SMILES string of the molecule is CC(C)(C)[Si](C)(C)Oc1cccc(C(=O)CCCC(=O)O)c1. The van der Waals surface area contributed by atoms with Gasteiger partial charge in [-0.1, -0.05) is 32.9 Å². The first-order valence-corrected chi connectivity index (χ1v) is 10.5. The number of carbonyl (C=O) groups excluding carboxylic acids is 1. The Balaban J connectivity index is 2.78. The van der Waals surface area contributed by atoms with Crippen molar-refractivity contribution < 1.29 is 19.1 Å². The predicted octanol–water partition coefficient (Wildman–Crippen LogP) is 4.51. The fraction of sp³-hybridized carbons (Fsp3) is 0.529. The number of hydrogen-bond donors (Lipinski definition) is 1. The van der Waals surface area contributed by atoms with Gasteiger partial charge < -0.3 is 9.53 Å². The molecule has 0 saturated heterocycles. The molecule has 0 fully saturated rings. The molecule has 1 N–H and O–H groups in total. The van der Waals surface area contributed by atoms with Crippen LogP contribution in [-0.2, 0) is 4.79 Å². The molecule has 0 heterocycles. The van der Waals surface area contributed by atoms with Gasteiger partial charge in [-0.15, -0.1) is 0 Å². The Morgan fingerprint density at radius 1 is 1.18 bits per heavy atom. The number of carboxylic acid groups (broad SMARTS) is 1. The third kappa shape index (κ3) is 5.29. The molecule has 0 amide bonds. The van der Waals surface area contributed by atoms with Crippen LogP contribution in [-0.4, -0.2) is 25.2 Å². The first kappa shape index (κ1) is 18.4. The number of carbonyl (C=O) groups is 2. The Kier molecular flexibility index (Phi) is 5.94. The van der Waals surface area contributed by atoms with Crippen molar-refractivity contribution in [2.75, 3.05) is 0 Å². The maximum atomic E-state index is 12.1. The van der Waals surface area contributed by atoms with E-state index in [1.807, 2.05) is 12.1 Å². The van der Waals surface area contributed by atoms with Crippen molar-refractivity contribution in [2.45, 2.75) is 58.2 Å². The van der Waals surface area contributed by atoms with Gasteiger partial charge in [0.15, 0.2) is 5.78 Å². The van der Waals surface area contributed by atoms with Gasteiger partial charge >= 0.3 is 5.97 Å². The van der Waals surface area contributed by atoms with E-state index in [1.165, 1.54) is 0 Å². The molecule has 0 spiro atoms. The highest BCUT2D eigenvalue weighted by atomic mass is 28.4. The highest BCUT2D eigenvalue weighted by Gasteiger charge is 2.38. The zero-order valence-corrected chi connectivity index (χ0v) is 15.1. The van der Waals surface area contributed by atoms with Gasteiger partial charge in [0.05, 0.1) is 0 Å². The normalized spacial score (nSPS) is 12.0. The molecular formula is C17H26O4Si. The molecule has 4 nitrogen and oxygen atoms in total. The van der Waals surface area contributed by atoms with Crippen LogP contribution in [0, 0.1) is 0 Å². The Bertz CT molecular complexity index is 544. The standard InChI is InChI=1S/C17H26O4Si/c1-17(2,3)22(4,5)21-14-9-6-8-13(12-14)15(18)10-7-11-16(19)20/h6,8-9,12H,7,10-11H2,1-5H3,(H,19,20). The molecule has 0 aromatic heterocycles. The van der Waals surface area contributed by atoms with Crippen molar-refractivity contribution in [3.63, 3.8) is 0 Å². The zero-order chi connectivity index (χ0) is 17.0. The van der Waals surface area contributed by atoms with Gasteiger partial charge in [0.1, 0.15) is 5.75 Å². The van der Waals surface area contributed by atoms with E-state index >= 15 is 0 Å². The highest BCUT2D eigenvalue weighted by Crippen LogP contribution is 2.37. The fourth-order valence-electron chi connectivity index (χ4n) is 1.73. The second-order valence-corrected chi connectivity index (χ2v) is 11.8. The summed E-state index contributed by atoms with van der Waals surface area (Å²) in [6.07, 6.45) is 0.628. The lowest BCUT2D eigenvalue weighted by Crippen LogP contribution is -2.43. The number of carboxylic acids is 1. The number of ketones is 1. The Hall–Kier alpha value is -1.62. The molecule has 0 aliphatic rings. The van der Waals surface area contributed by atoms with Crippen LogP contribution in [0.15, 0.2) is 24.3 Å². The number of Topliss-reactive ketones (excluding diaryl/α,β-unsaturated/α-hetero) is 1. The molecule has 1 aromatic carbocycles. The largest absolute Gasteiger partial charge is 0.543 e. The van der Waals surface area contributed by atoms with Crippen molar-refractivity contribution in [2.24, 2.45) is 0 Å². The lowest BCUT2D eigenvalue weighted by Gasteiger charge is -2.36. The summed E-state index contributed by atoms with van der Waals surface area (Å²) in [7, 11) is -1.93. The first-order chi connectivity index (χ1) is 10.0. The lowest BCUT2D eigenvalue weighted by atomic mass is 10.1. The van der Waals surface area contributed by atoms with Crippen LogP contribution < -0.4 is 4.43 Å². The molecule has 0 radical (unpaired) electrons. The molecule has 0 bridgehead atoms. The second-order valence-electron chi connectivity index (χ2n) is 7.06. The third-order valence-electron chi connectivity index (χ3n) is 4.13. The lowest BCUT2D eigenvalue weighted by molar-refractivity contribution is -0.137. The minimum absolute atomic E-state index is 0.0197. The first-order valence-electron chi connectivity index (χ1n) is 7.57. The molecule has 1 aromatic rings. The van der Waals surface area contributed by atoms with Crippen LogP contribution in [0.3, 0.4) is 0 Å². The van der Waals surface area contributed by atoms with E-state index < -0.39 is 14.3 Å². The highest BCUT2D eigenvalue weighted by molar-refractivity contribution is 6.74.